The molecule has 304 valence electrons. The quantitative estimate of drug-likeness (QED) is 0.0705. The molecule has 0 saturated carbocycles. The Bertz CT molecular complexity index is 2360. The van der Waals surface area contributed by atoms with Crippen molar-refractivity contribution in [2.45, 2.75) is 55.4 Å². The summed E-state index contributed by atoms with van der Waals surface area (Å²) in [5.41, 5.74) is 4.84. The highest BCUT2D eigenvalue weighted by Crippen LogP contribution is 2.52. The van der Waals surface area contributed by atoms with Crippen LogP contribution in [0.1, 0.15) is 57.6 Å². The standard InChI is InChI=1S/C50H46N2O7S/c1-50(47(52-44(53)30-45(52)60-50)49(55)59-46(38-19-11-5-12-20-38)39-21-13-6-14-22-39)34-51(31-35-23-26-41(56-2)27-24-35)48(54)40-25-28-42(57-32-36-15-7-3-8-16-36)43(29-40)58-33-37-17-9-4-10-18-37/h3-29,45-47H,30-34H2,1-2H3/t45-,47+,50+/m1/s1. The molecule has 6 aromatic rings. The number of rotatable bonds is 16. The Hall–Kier alpha value is -6.52. The molecule has 2 aliphatic rings. The van der Waals surface area contributed by atoms with E-state index in [1.54, 1.807) is 46.9 Å². The van der Waals surface area contributed by atoms with Crippen molar-refractivity contribution in [1.29, 1.82) is 0 Å². The van der Waals surface area contributed by atoms with Crippen molar-refractivity contribution in [2.24, 2.45) is 0 Å². The zero-order chi connectivity index (χ0) is 41.5. The number of fused-ring (bicyclic) bond motifs is 1. The van der Waals surface area contributed by atoms with E-state index in [0.717, 1.165) is 27.8 Å². The van der Waals surface area contributed by atoms with Crippen molar-refractivity contribution in [2.75, 3.05) is 13.7 Å². The van der Waals surface area contributed by atoms with E-state index in [0.29, 0.717) is 35.8 Å². The second-order valence-corrected chi connectivity index (χ2v) is 16.9. The summed E-state index contributed by atoms with van der Waals surface area (Å²) in [5, 5.41) is -0.219. The molecule has 0 unspecified atom stereocenters. The van der Waals surface area contributed by atoms with Crippen LogP contribution in [0.25, 0.3) is 0 Å². The SMILES string of the molecule is COc1ccc(CN(C[C@]2(C)S[C@@H]3CC(=O)N3[C@H]2C(=O)OC(c2ccccc2)c2ccccc2)C(=O)c2ccc(OCc3ccccc3)c(OCc3ccccc3)c2)cc1. The van der Waals surface area contributed by atoms with Crippen molar-refractivity contribution < 1.29 is 33.3 Å². The predicted molar refractivity (Wildman–Crippen MR) is 232 cm³/mol. The number of nitrogens with zero attached hydrogens (tertiary/aromatic N) is 2. The number of thioether (sulfide) groups is 1. The van der Waals surface area contributed by atoms with Gasteiger partial charge in [0.1, 0.15) is 25.0 Å². The minimum absolute atomic E-state index is 0.117. The van der Waals surface area contributed by atoms with Crippen molar-refractivity contribution in [3.8, 4) is 17.2 Å². The Balaban J connectivity index is 1.12. The van der Waals surface area contributed by atoms with E-state index < -0.39 is 22.9 Å². The second kappa shape index (κ2) is 18.2. The van der Waals surface area contributed by atoms with E-state index in [2.05, 4.69) is 0 Å². The Kier molecular flexibility index (Phi) is 12.2. The summed E-state index contributed by atoms with van der Waals surface area (Å²) in [6, 6.07) is 50.7. The molecule has 60 heavy (non-hydrogen) atoms. The van der Waals surface area contributed by atoms with Crippen LogP contribution in [-0.4, -0.2) is 57.4 Å². The third-order valence-electron chi connectivity index (χ3n) is 10.9. The summed E-state index contributed by atoms with van der Waals surface area (Å²) < 4.78 is 23.6. The van der Waals surface area contributed by atoms with Crippen molar-refractivity contribution >= 4 is 29.5 Å². The Morgan fingerprint density at radius 1 is 0.717 bits per heavy atom. The fraction of sp³-hybridized carbons (Fsp3) is 0.220. The number of ether oxygens (including phenoxy) is 4. The van der Waals surface area contributed by atoms with Gasteiger partial charge in [-0.05, 0) is 65.1 Å². The van der Waals surface area contributed by atoms with Crippen LogP contribution in [0.2, 0.25) is 0 Å². The summed E-state index contributed by atoms with van der Waals surface area (Å²) in [7, 11) is 1.61. The number of methoxy groups -OCH3 is 1. The number of hydrogen-bond donors (Lipinski definition) is 0. The minimum atomic E-state index is -0.951. The van der Waals surface area contributed by atoms with Crippen LogP contribution in [-0.2, 0) is 34.1 Å². The molecule has 0 N–H and O–H groups in total. The molecule has 0 radical (unpaired) electrons. The van der Waals surface area contributed by atoms with Crippen molar-refractivity contribution in [1.82, 2.24) is 9.80 Å². The van der Waals surface area contributed by atoms with Gasteiger partial charge in [-0.2, -0.15) is 0 Å². The van der Waals surface area contributed by atoms with Gasteiger partial charge in [0.25, 0.3) is 5.91 Å². The highest BCUT2D eigenvalue weighted by molar-refractivity contribution is 8.01. The maximum absolute atomic E-state index is 15.0. The molecule has 2 fully saturated rings. The lowest BCUT2D eigenvalue weighted by Gasteiger charge is -2.39. The number of hydrogen-bond acceptors (Lipinski definition) is 8. The van der Waals surface area contributed by atoms with E-state index in [4.69, 9.17) is 18.9 Å². The molecule has 6 aromatic carbocycles. The molecule has 9 nitrogen and oxygen atoms in total. The van der Waals surface area contributed by atoms with E-state index in [1.165, 1.54) is 0 Å². The summed E-state index contributed by atoms with van der Waals surface area (Å²) in [6.45, 7) is 2.90. The van der Waals surface area contributed by atoms with Gasteiger partial charge in [0.15, 0.2) is 17.6 Å². The smallest absolute Gasteiger partial charge is 0.331 e. The fourth-order valence-corrected chi connectivity index (χ4v) is 9.56. The van der Waals surface area contributed by atoms with Gasteiger partial charge in [0.2, 0.25) is 5.91 Å². The van der Waals surface area contributed by atoms with Gasteiger partial charge in [-0.3, -0.25) is 9.59 Å². The summed E-state index contributed by atoms with van der Waals surface area (Å²) in [4.78, 5) is 46.3. The second-order valence-electron chi connectivity index (χ2n) is 15.2. The number of benzene rings is 6. The molecule has 10 heteroatoms. The zero-order valence-electron chi connectivity index (χ0n) is 33.5. The Morgan fingerprint density at radius 3 is 1.82 bits per heavy atom. The maximum Gasteiger partial charge on any atom is 0.331 e. The molecule has 2 saturated heterocycles. The van der Waals surface area contributed by atoms with Gasteiger partial charge in [-0.15, -0.1) is 11.8 Å². The van der Waals surface area contributed by atoms with Crippen LogP contribution < -0.4 is 14.2 Å². The van der Waals surface area contributed by atoms with Gasteiger partial charge in [0.05, 0.1) is 23.7 Å². The first-order valence-corrected chi connectivity index (χ1v) is 20.8. The predicted octanol–water partition coefficient (Wildman–Crippen LogP) is 9.26. The molecular weight excluding hydrogens is 773 g/mol. The lowest BCUT2D eigenvalue weighted by molar-refractivity contribution is -0.164. The van der Waals surface area contributed by atoms with Crippen LogP contribution in [0, 0.1) is 0 Å². The monoisotopic (exact) mass is 818 g/mol. The number of esters is 1. The molecule has 2 amide bonds. The molecule has 2 aliphatic heterocycles. The molecule has 0 spiro atoms. The van der Waals surface area contributed by atoms with Gasteiger partial charge < -0.3 is 28.7 Å². The topological polar surface area (TPSA) is 94.6 Å². The van der Waals surface area contributed by atoms with E-state index in [1.807, 2.05) is 153 Å². The zero-order valence-corrected chi connectivity index (χ0v) is 34.3. The van der Waals surface area contributed by atoms with Crippen molar-refractivity contribution in [3.63, 3.8) is 0 Å². The number of β-lactam (4-membered cyclic amide) rings is 1. The highest BCUT2D eigenvalue weighted by Gasteiger charge is 2.62. The summed E-state index contributed by atoms with van der Waals surface area (Å²) in [5.74, 6) is 0.711. The first kappa shape index (κ1) is 40.3. The number of carbonyl (C=O) groups excluding carboxylic acids is 3. The summed E-state index contributed by atoms with van der Waals surface area (Å²) in [6.07, 6.45) is -0.386. The maximum atomic E-state index is 15.0. The van der Waals surface area contributed by atoms with Crippen LogP contribution in [0.15, 0.2) is 164 Å². The lowest BCUT2D eigenvalue weighted by Crippen LogP contribution is -2.60. The molecule has 3 atom stereocenters. The summed E-state index contributed by atoms with van der Waals surface area (Å²) >= 11 is 1.54. The van der Waals surface area contributed by atoms with Gasteiger partial charge in [0, 0.05) is 18.7 Å². The lowest BCUT2D eigenvalue weighted by atomic mass is 9.94. The minimum Gasteiger partial charge on any atom is -0.497 e. The number of amides is 2. The van der Waals surface area contributed by atoms with Crippen LogP contribution in [0.5, 0.6) is 17.2 Å². The van der Waals surface area contributed by atoms with Gasteiger partial charge >= 0.3 is 5.97 Å². The molecular formula is C50H46N2O7S. The van der Waals surface area contributed by atoms with E-state index in [-0.39, 0.29) is 36.9 Å². The van der Waals surface area contributed by atoms with Crippen molar-refractivity contribution in [3.05, 3.63) is 197 Å². The van der Waals surface area contributed by atoms with E-state index >= 15 is 0 Å². The molecule has 8 rings (SSSR count). The third-order valence-corrected chi connectivity index (χ3v) is 12.4. The average molecular weight is 819 g/mol. The Morgan fingerprint density at radius 2 is 1.27 bits per heavy atom. The normalized spacial score (nSPS) is 18.0. The third kappa shape index (κ3) is 9.04. The van der Waals surface area contributed by atoms with Gasteiger partial charge in [-0.1, -0.05) is 133 Å². The first-order valence-electron chi connectivity index (χ1n) is 20.0. The molecule has 0 bridgehead atoms. The first-order chi connectivity index (χ1) is 29.3. The fourth-order valence-electron chi connectivity index (χ4n) is 7.79. The molecule has 0 aromatic heterocycles. The van der Waals surface area contributed by atoms with Crippen LogP contribution in [0.3, 0.4) is 0 Å². The largest absolute Gasteiger partial charge is 0.497 e. The molecule has 0 aliphatic carbocycles. The Labute approximate surface area is 354 Å². The highest BCUT2D eigenvalue weighted by atomic mass is 32.2. The average Bonchev–Trinajstić information content (AvgIpc) is 3.53. The van der Waals surface area contributed by atoms with Gasteiger partial charge in [-0.25, -0.2) is 4.79 Å². The van der Waals surface area contributed by atoms with Crippen LogP contribution >= 0.6 is 11.8 Å². The molecule has 2 heterocycles. The van der Waals surface area contributed by atoms with Crippen LogP contribution in [0.4, 0.5) is 0 Å². The number of carbonyl (C=O) groups is 3. The van der Waals surface area contributed by atoms with E-state index in [9.17, 15) is 14.4 Å².